The molecule has 3 heteroatoms. The SMILES string of the molecule is Cc1cc(CC(C)N)cc(C)c1OCCc1ccccn1. The van der Waals surface area contributed by atoms with Gasteiger partial charge in [0.1, 0.15) is 5.75 Å². The van der Waals surface area contributed by atoms with E-state index in [1.165, 1.54) is 16.7 Å². The zero-order valence-electron chi connectivity index (χ0n) is 13.1. The fourth-order valence-corrected chi connectivity index (χ4v) is 2.56. The van der Waals surface area contributed by atoms with Gasteiger partial charge in [0.2, 0.25) is 0 Å². The summed E-state index contributed by atoms with van der Waals surface area (Å²) in [6.07, 6.45) is 3.53. The number of ether oxygens (including phenoxy) is 1. The highest BCUT2D eigenvalue weighted by molar-refractivity contribution is 5.43. The van der Waals surface area contributed by atoms with Crippen LogP contribution in [0.15, 0.2) is 36.5 Å². The molecular formula is C18H24N2O. The monoisotopic (exact) mass is 284 g/mol. The Hall–Kier alpha value is -1.87. The number of nitrogens with two attached hydrogens (primary N) is 1. The molecule has 0 saturated heterocycles. The first-order chi connectivity index (χ1) is 10.1. The predicted molar refractivity (Wildman–Crippen MR) is 86.7 cm³/mol. The van der Waals surface area contributed by atoms with Crippen LogP contribution >= 0.6 is 0 Å². The second-order valence-corrected chi connectivity index (χ2v) is 5.66. The van der Waals surface area contributed by atoms with E-state index in [1.54, 1.807) is 0 Å². The van der Waals surface area contributed by atoms with Crippen molar-refractivity contribution < 1.29 is 4.74 Å². The molecule has 0 spiro atoms. The first kappa shape index (κ1) is 15.5. The topological polar surface area (TPSA) is 48.1 Å². The van der Waals surface area contributed by atoms with E-state index in [9.17, 15) is 0 Å². The minimum absolute atomic E-state index is 0.180. The highest BCUT2D eigenvalue weighted by atomic mass is 16.5. The molecule has 3 nitrogen and oxygen atoms in total. The van der Waals surface area contributed by atoms with Gasteiger partial charge in [-0.25, -0.2) is 0 Å². The second-order valence-electron chi connectivity index (χ2n) is 5.66. The van der Waals surface area contributed by atoms with Crippen LogP contribution < -0.4 is 10.5 Å². The summed E-state index contributed by atoms with van der Waals surface area (Å²) in [5, 5.41) is 0. The Kier molecular flexibility index (Phi) is 5.34. The Morgan fingerprint density at radius 3 is 2.48 bits per heavy atom. The zero-order chi connectivity index (χ0) is 15.2. The molecule has 0 fully saturated rings. The summed E-state index contributed by atoms with van der Waals surface area (Å²) in [6.45, 7) is 6.86. The molecule has 0 aliphatic rings. The van der Waals surface area contributed by atoms with Crippen LogP contribution in [0.1, 0.15) is 29.3 Å². The van der Waals surface area contributed by atoms with Crippen molar-refractivity contribution in [2.45, 2.75) is 39.7 Å². The fourth-order valence-electron chi connectivity index (χ4n) is 2.56. The molecule has 0 radical (unpaired) electrons. The molecule has 2 N–H and O–H groups in total. The molecule has 0 saturated carbocycles. The molecule has 0 aliphatic heterocycles. The van der Waals surface area contributed by atoms with Crippen molar-refractivity contribution >= 4 is 0 Å². The Morgan fingerprint density at radius 1 is 1.19 bits per heavy atom. The van der Waals surface area contributed by atoms with Gasteiger partial charge in [-0.2, -0.15) is 0 Å². The lowest BCUT2D eigenvalue weighted by atomic mass is 10.0. The normalized spacial score (nSPS) is 12.2. The van der Waals surface area contributed by atoms with Crippen molar-refractivity contribution in [2.24, 2.45) is 5.73 Å². The molecule has 0 aliphatic carbocycles. The minimum atomic E-state index is 0.180. The van der Waals surface area contributed by atoms with Gasteiger partial charge in [-0.3, -0.25) is 4.98 Å². The maximum atomic E-state index is 5.96. The van der Waals surface area contributed by atoms with Gasteiger partial charge in [-0.1, -0.05) is 18.2 Å². The molecule has 0 amide bonds. The van der Waals surface area contributed by atoms with Crippen LogP contribution in [0.3, 0.4) is 0 Å². The average Bonchev–Trinajstić information content (AvgIpc) is 2.42. The Morgan fingerprint density at radius 2 is 1.90 bits per heavy atom. The van der Waals surface area contributed by atoms with Crippen LogP contribution in [0, 0.1) is 13.8 Å². The lowest BCUT2D eigenvalue weighted by Crippen LogP contribution is -2.18. The van der Waals surface area contributed by atoms with E-state index in [1.807, 2.05) is 31.3 Å². The Labute approximate surface area is 127 Å². The van der Waals surface area contributed by atoms with Crippen molar-refractivity contribution in [3.8, 4) is 5.75 Å². The van der Waals surface area contributed by atoms with E-state index < -0.39 is 0 Å². The van der Waals surface area contributed by atoms with Crippen LogP contribution in [-0.4, -0.2) is 17.6 Å². The summed E-state index contributed by atoms with van der Waals surface area (Å²) in [6, 6.07) is 10.5. The molecule has 1 aromatic heterocycles. The zero-order valence-corrected chi connectivity index (χ0v) is 13.1. The Bertz CT molecular complexity index is 556. The lowest BCUT2D eigenvalue weighted by Gasteiger charge is -2.15. The molecule has 21 heavy (non-hydrogen) atoms. The van der Waals surface area contributed by atoms with Crippen molar-refractivity contribution in [2.75, 3.05) is 6.61 Å². The van der Waals surface area contributed by atoms with E-state index in [0.29, 0.717) is 6.61 Å². The lowest BCUT2D eigenvalue weighted by molar-refractivity contribution is 0.316. The van der Waals surface area contributed by atoms with Gasteiger partial charge in [0.05, 0.1) is 6.61 Å². The highest BCUT2D eigenvalue weighted by Gasteiger charge is 2.08. The van der Waals surface area contributed by atoms with Gasteiger partial charge in [-0.05, 0) is 56.0 Å². The van der Waals surface area contributed by atoms with E-state index in [2.05, 4.69) is 31.0 Å². The summed E-state index contributed by atoms with van der Waals surface area (Å²) in [7, 11) is 0. The van der Waals surface area contributed by atoms with E-state index in [4.69, 9.17) is 10.5 Å². The van der Waals surface area contributed by atoms with Crippen molar-refractivity contribution in [3.63, 3.8) is 0 Å². The number of hydrogen-bond donors (Lipinski definition) is 1. The third-order valence-electron chi connectivity index (χ3n) is 3.41. The molecule has 1 heterocycles. The smallest absolute Gasteiger partial charge is 0.125 e. The number of aryl methyl sites for hydroxylation is 2. The van der Waals surface area contributed by atoms with E-state index >= 15 is 0 Å². The van der Waals surface area contributed by atoms with Crippen molar-refractivity contribution in [3.05, 3.63) is 58.9 Å². The standard InChI is InChI=1S/C18H24N2O/c1-13-10-16(12-15(3)19)11-14(2)18(13)21-9-7-17-6-4-5-8-20-17/h4-6,8,10-11,15H,7,9,12,19H2,1-3H3. The fraction of sp³-hybridized carbons (Fsp3) is 0.389. The quantitative estimate of drug-likeness (QED) is 0.886. The van der Waals surface area contributed by atoms with Crippen LogP contribution in [0.5, 0.6) is 5.75 Å². The van der Waals surface area contributed by atoms with Crippen LogP contribution in [0.25, 0.3) is 0 Å². The number of aromatic nitrogens is 1. The largest absolute Gasteiger partial charge is 0.493 e. The molecule has 1 aromatic carbocycles. The Balaban J connectivity index is 2.00. The van der Waals surface area contributed by atoms with Crippen molar-refractivity contribution in [1.82, 2.24) is 4.98 Å². The number of rotatable bonds is 6. The predicted octanol–water partition coefficient (Wildman–Crippen LogP) is 3.21. The first-order valence-corrected chi connectivity index (χ1v) is 7.44. The molecular weight excluding hydrogens is 260 g/mol. The molecule has 112 valence electrons. The number of nitrogens with zero attached hydrogens (tertiary/aromatic N) is 1. The maximum Gasteiger partial charge on any atom is 0.125 e. The third kappa shape index (κ3) is 4.57. The van der Waals surface area contributed by atoms with Gasteiger partial charge in [-0.15, -0.1) is 0 Å². The maximum absolute atomic E-state index is 5.96. The third-order valence-corrected chi connectivity index (χ3v) is 3.41. The molecule has 1 atom stereocenters. The van der Waals surface area contributed by atoms with Crippen LogP contribution in [0.4, 0.5) is 0 Å². The van der Waals surface area contributed by atoms with Gasteiger partial charge in [0.25, 0.3) is 0 Å². The minimum Gasteiger partial charge on any atom is -0.493 e. The number of benzene rings is 1. The summed E-state index contributed by atoms with van der Waals surface area (Å²) < 4.78 is 5.96. The van der Waals surface area contributed by atoms with E-state index in [0.717, 1.165) is 24.3 Å². The van der Waals surface area contributed by atoms with Crippen LogP contribution in [-0.2, 0) is 12.8 Å². The molecule has 0 bridgehead atoms. The van der Waals surface area contributed by atoms with Crippen molar-refractivity contribution in [1.29, 1.82) is 0 Å². The van der Waals surface area contributed by atoms with Gasteiger partial charge in [0, 0.05) is 24.4 Å². The average molecular weight is 284 g/mol. The molecule has 2 aromatic rings. The summed E-state index contributed by atoms with van der Waals surface area (Å²) in [5.74, 6) is 0.986. The second kappa shape index (κ2) is 7.23. The highest BCUT2D eigenvalue weighted by Crippen LogP contribution is 2.25. The number of hydrogen-bond acceptors (Lipinski definition) is 3. The first-order valence-electron chi connectivity index (χ1n) is 7.44. The van der Waals surface area contributed by atoms with Gasteiger partial charge in [0.15, 0.2) is 0 Å². The van der Waals surface area contributed by atoms with Crippen LogP contribution in [0.2, 0.25) is 0 Å². The van der Waals surface area contributed by atoms with E-state index in [-0.39, 0.29) is 6.04 Å². The summed E-state index contributed by atoms with van der Waals surface area (Å²) >= 11 is 0. The summed E-state index contributed by atoms with van der Waals surface area (Å²) in [4.78, 5) is 4.31. The number of pyridine rings is 1. The molecule has 2 rings (SSSR count). The van der Waals surface area contributed by atoms with Gasteiger partial charge >= 0.3 is 0 Å². The summed E-state index contributed by atoms with van der Waals surface area (Å²) in [5.41, 5.74) is 10.5. The van der Waals surface area contributed by atoms with Gasteiger partial charge < -0.3 is 10.5 Å². The molecule has 1 unspecified atom stereocenters.